The minimum absolute atomic E-state index is 0.0570. The van der Waals surface area contributed by atoms with Crippen molar-refractivity contribution in [2.24, 2.45) is 0 Å². The Bertz CT molecular complexity index is 965. The molecule has 0 amide bonds. The average Bonchev–Trinajstić information content (AvgIpc) is 2.73. The number of nitrogens with one attached hydrogen (secondary N) is 1. The van der Waals surface area contributed by atoms with E-state index in [1.165, 1.54) is 6.07 Å². The van der Waals surface area contributed by atoms with E-state index in [9.17, 15) is 26.3 Å². The van der Waals surface area contributed by atoms with E-state index in [0.29, 0.717) is 30.2 Å². The number of aromatic nitrogens is 2. The van der Waals surface area contributed by atoms with E-state index >= 15 is 0 Å². The fraction of sp³-hybridized carbons (Fsp3) is 0.333. The number of rotatable bonds is 2. The minimum Gasteiger partial charge on any atom is -0.475 e. The summed E-state index contributed by atoms with van der Waals surface area (Å²) in [5.41, 5.74) is -0.137. The molecular formula is C18H15F6N5O2. The number of piperazine rings is 1. The highest BCUT2D eigenvalue weighted by atomic mass is 19.4. The molecule has 2 N–H and O–H groups in total. The van der Waals surface area contributed by atoms with Crippen LogP contribution in [0.2, 0.25) is 0 Å². The summed E-state index contributed by atoms with van der Waals surface area (Å²) in [6.07, 6.45) is -9.51. The molecule has 2 aromatic rings. The SMILES string of the molecule is N#Cc1nc(-c2cccc(C(F)(F)F)c2)cc(N2CCNCC2)n1.O=C(O)C(F)(F)F. The van der Waals surface area contributed by atoms with E-state index in [1.54, 1.807) is 12.1 Å². The third kappa shape index (κ3) is 6.82. The molecule has 1 aliphatic rings. The lowest BCUT2D eigenvalue weighted by Crippen LogP contribution is -2.44. The summed E-state index contributed by atoms with van der Waals surface area (Å²) in [7, 11) is 0. The van der Waals surface area contributed by atoms with E-state index in [2.05, 4.69) is 15.3 Å². The van der Waals surface area contributed by atoms with Crippen LogP contribution in [-0.2, 0) is 11.0 Å². The second-order valence-corrected chi connectivity index (χ2v) is 6.17. The first-order valence-corrected chi connectivity index (χ1v) is 8.64. The Morgan fingerprint density at radius 3 is 2.23 bits per heavy atom. The standard InChI is InChI=1S/C16H14F3N5.C2HF3O2/c17-16(18,19)12-3-1-2-11(8-12)13-9-15(23-14(10-20)22-13)24-6-4-21-5-7-24;3-2(4,5)1(6)7/h1-3,8-9,21H,4-7H2;(H,6,7). The van der Waals surface area contributed by atoms with Crippen molar-refractivity contribution in [3.8, 4) is 17.3 Å². The molecule has 3 rings (SSSR count). The average molecular weight is 447 g/mol. The molecule has 0 saturated carbocycles. The highest BCUT2D eigenvalue weighted by Gasteiger charge is 2.38. The lowest BCUT2D eigenvalue weighted by Gasteiger charge is -2.28. The normalized spacial score (nSPS) is 14.3. The molecule has 0 spiro atoms. The second-order valence-electron chi connectivity index (χ2n) is 6.17. The van der Waals surface area contributed by atoms with Gasteiger partial charge < -0.3 is 15.3 Å². The topological polar surface area (TPSA) is 102 Å². The summed E-state index contributed by atoms with van der Waals surface area (Å²) < 4.78 is 70.4. The molecule has 13 heteroatoms. The van der Waals surface area contributed by atoms with Crippen LogP contribution in [0.3, 0.4) is 0 Å². The van der Waals surface area contributed by atoms with E-state index in [4.69, 9.17) is 15.2 Å². The zero-order valence-electron chi connectivity index (χ0n) is 15.6. The summed E-state index contributed by atoms with van der Waals surface area (Å²) in [6.45, 7) is 2.99. The first-order valence-electron chi connectivity index (χ1n) is 8.64. The first kappa shape index (κ1) is 23.9. The third-order valence-corrected chi connectivity index (χ3v) is 3.98. The van der Waals surface area contributed by atoms with Crippen LogP contribution in [0, 0.1) is 11.3 Å². The molecule has 1 fully saturated rings. The molecule has 166 valence electrons. The smallest absolute Gasteiger partial charge is 0.475 e. The summed E-state index contributed by atoms with van der Waals surface area (Å²) in [5.74, 6) is -2.26. The Balaban J connectivity index is 0.000000423. The molecule has 1 saturated heterocycles. The van der Waals surface area contributed by atoms with Gasteiger partial charge in [-0.05, 0) is 12.1 Å². The summed E-state index contributed by atoms with van der Waals surface area (Å²) in [4.78, 5) is 19.1. The highest BCUT2D eigenvalue weighted by molar-refractivity contribution is 5.73. The Labute approximate surface area is 171 Å². The van der Waals surface area contributed by atoms with Crippen LogP contribution >= 0.6 is 0 Å². The third-order valence-electron chi connectivity index (χ3n) is 3.98. The van der Waals surface area contributed by atoms with Gasteiger partial charge >= 0.3 is 18.3 Å². The second kappa shape index (κ2) is 9.61. The van der Waals surface area contributed by atoms with Crippen molar-refractivity contribution in [3.05, 3.63) is 41.7 Å². The van der Waals surface area contributed by atoms with Crippen molar-refractivity contribution in [3.63, 3.8) is 0 Å². The van der Waals surface area contributed by atoms with Gasteiger partial charge in [-0.1, -0.05) is 12.1 Å². The summed E-state index contributed by atoms with van der Waals surface area (Å²) in [5, 5.41) is 19.5. The van der Waals surface area contributed by atoms with Crippen molar-refractivity contribution in [2.75, 3.05) is 31.1 Å². The Morgan fingerprint density at radius 1 is 1.10 bits per heavy atom. The molecule has 0 aliphatic carbocycles. The maximum absolute atomic E-state index is 12.9. The number of aliphatic carboxylic acids is 1. The zero-order chi connectivity index (χ0) is 23.2. The number of hydrogen-bond donors (Lipinski definition) is 2. The predicted octanol–water partition coefficient (Wildman–Crippen LogP) is 3.08. The minimum atomic E-state index is -5.08. The number of carbonyl (C=O) groups is 1. The number of carboxylic acid groups (broad SMARTS) is 1. The maximum atomic E-state index is 12.9. The number of carboxylic acids is 1. The number of anilines is 1. The Kier molecular flexibility index (Phi) is 7.40. The van der Waals surface area contributed by atoms with E-state index in [0.717, 1.165) is 25.2 Å². The molecule has 7 nitrogen and oxygen atoms in total. The van der Waals surface area contributed by atoms with Gasteiger partial charge in [0.15, 0.2) is 0 Å². The zero-order valence-corrected chi connectivity index (χ0v) is 15.6. The number of halogens is 6. The quantitative estimate of drug-likeness (QED) is 0.683. The molecule has 31 heavy (non-hydrogen) atoms. The number of hydrogen-bond acceptors (Lipinski definition) is 6. The monoisotopic (exact) mass is 447 g/mol. The predicted molar refractivity (Wildman–Crippen MR) is 96.0 cm³/mol. The fourth-order valence-electron chi connectivity index (χ4n) is 2.54. The fourth-order valence-corrected chi connectivity index (χ4v) is 2.54. The lowest BCUT2D eigenvalue weighted by molar-refractivity contribution is -0.192. The van der Waals surface area contributed by atoms with Crippen molar-refractivity contribution in [2.45, 2.75) is 12.4 Å². The van der Waals surface area contributed by atoms with Crippen molar-refractivity contribution < 1.29 is 36.2 Å². The number of benzene rings is 1. The Morgan fingerprint density at radius 2 is 1.71 bits per heavy atom. The van der Waals surface area contributed by atoms with Gasteiger partial charge in [-0.2, -0.15) is 31.6 Å². The molecular weight excluding hydrogens is 432 g/mol. The van der Waals surface area contributed by atoms with Gasteiger partial charge in [0, 0.05) is 37.8 Å². The molecule has 0 atom stereocenters. The van der Waals surface area contributed by atoms with Crippen molar-refractivity contribution >= 4 is 11.8 Å². The van der Waals surface area contributed by atoms with Gasteiger partial charge in [-0.25, -0.2) is 14.8 Å². The molecule has 2 heterocycles. The Hall–Kier alpha value is -3.40. The van der Waals surface area contributed by atoms with Gasteiger partial charge in [-0.15, -0.1) is 0 Å². The van der Waals surface area contributed by atoms with Gasteiger partial charge in [0.1, 0.15) is 11.9 Å². The molecule has 0 radical (unpaired) electrons. The van der Waals surface area contributed by atoms with Gasteiger partial charge in [0.05, 0.1) is 11.3 Å². The van der Waals surface area contributed by atoms with Crippen LogP contribution in [0.15, 0.2) is 30.3 Å². The van der Waals surface area contributed by atoms with Gasteiger partial charge in [-0.3, -0.25) is 0 Å². The van der Waals surface area contributed by atoms with Crippen LogP contribution in [-0.4, -0.2) is 53.4 Å². The molecule has 0 unspecified atom stereocenters. The summed E-state index contributed by atoms with van der Waals surface area (Å²) in [6, 6.07) is 8.41. The number of nitriles is 1. The van der Waals surface area contributed by atoms with Crippen molar-refractivity contribution in [1.29, 1.82) is 5.26 Å². The van der Waals surface area contributed by atoms with Crippen LogP contribution < -0.4 is 10.2 Å². The lowest BCUT2D eigenvalue weighted by atomic mass is 10.1. The maximum Gasteiger partial charge on any atom is 0.490 e. The van der Waals surface area contributed by atoms with Crippen LogP contribution in [0.25, 0.3) is 11.3 Å². The van der Waals surface area contributed by atoms with Crippen LogP contribution in [0.4, 0.5) is 32.2 Å². The van der Waals surface area contributed by atoms with Crippen LogP contribution in [0.5, 0.6) is 0 Å². The van der Waals surface area contributed by atoms with Crippen LogP contribution in [0.1, 0.15) is 11.4 Å². The molecule has 1 aliphatic heterocycles. The first-order chi connectivity index (χ1) is 14.4. The van der Waals surface area contributed by atoms with E-state index in [-0.39, 0.29) is 5.82 Å². The van der Waals surface area contributed by atoms with E-state index in [1.807, 2.05) is 11.0 Å². The molecule has 0 bridgehead atoms. The van der Waals surface area contributed by atoms with Gasteiger partial charge in [0.25, 0.3) is 0 Å². The highest BCUT2D eigenvalue weighted by Crippen LogP contribution is 2.32. The van der Waals surface area contributed by atoms with Crippen molar-refractivity contribution in [1.82, 2.24) is 15.3 Å². The molecule has 1 aromatic carbocycles. The van der Waals surface area contributed by atoms with Gasteiger partial charge in [0.2, 0.25) is 5.82 Å². The number of nitrogens with zero attached hydrogens (tertiary/aromatic N) is 4. The van der Waals surface area contributed by atoms with E-state index < -0.39 is 23.9 Å². The molecule has 1 aromatic heterocycles. The largest absolute Gasteiger partial charge is 0.490 e. The number of alkyl halides is 6. The summed E-state index contributed by atoms with van der Waals surface area (Å²) >= 11 is 0.